The SMILES string of the molecule is COc1cc(CN2CCCC(c3ncc(Cl)cc3S(C)(=O)=O)C2)cc(OC)c1O. The first-order valence-electron chi connectivity index (χ1n) is 9.24. The number of nitrogens with zero attached hydrogens (tertiary/aromatic N) is 2. The summed E-state index contributed by atoms with van der Waals surface area (Å²) in [7, 11) is -0.442. The highest BCUT2D eigenvalue weighted by atomic mass is 35.5. The van der Waals surface area contributed by atoms with Gasteiger partial charge in [0.1, 0.15) is 0 Å². The summed E-state index contributed by atoms with van der Waals surface area (Å²) in [5, 5.41) is 10.4. The van der Waals surface area contributed by atoms with Crippen LogP contribution in [-0.4, -0.2) is 57.0 Å². The molecule has 1 aliphatic heterocycles. The van der Waals surface area contributed by atoms with Gasteiger partial charge in [-0.1, -0.05) is 11.6 Å². The lowest BCUT2D eigenvalue weighted by Crippen LogP contribution is -2.34. The van der Waals surface area contributed by atoms with Gasteiger partial charge in [-0.05, 0) is 43.1 Å². The molecule has 0 spiro atoms. The van der Waals surface area contributed by atoms with Gasteiger partial charge in [-0.3, -0.25) is 9.88 Å². The lowest BCUT2D eigenvalue weighted by atomic mass is 9.94. The fraction of sp³-hybridized carbons (Fsp3) is 0.450. The summed E-state index contributed by atoms with van der Waals surface area (Å²) in [6.45, 7) is 2.16. The predicted octanol–water partition coefficient (Wildman–Crippen LogP) is 3.24. The van der Waals surface area contributed by atoms with Gasteiger partial charge < -0.3 is 14.6 Å². The van der Waals surface area contributed by atoms with Crippen LogP contribution in [0.5, 0.6) is 17.2 Å². The second-order valence-electron chi connectivity index (χ2n) is 7.23. The number of likely N-dealkylation sites (tertiary alicyclic amines) is 1. The Hall–Kier alpha value is -2.03. The maximum Gasteiger partial charge on any atom is 0.200 e. The van der Waals surface area contributed by atoms with Crippen LogP contribution in [0.2, 0.25) is 5.02 Å². The van der Waals surface area contributed by atoms with Crippen molar-refractivity contribution < 1.29 is 23.0 Å². The molecule has 7 nitrogen and oxygen atoms in total. The Balaban J connectivity index is 1.84. The lowest BCUT2D eigenvalue weighted by Gasteiger charge is -2.33. The maximum absolute atomic E-state index is 12.2. The van der Waals surface area contributed by atoms with E-state index in [9.17, 15) is 13.5 Å². The molecule has 1 aliphatic rings. The highest BCUT2D eigenvalue weighted by Gasteiger charge is 2.28. The number of halogens is 1. The van der Waals surface area contributed by atoms with E-state index in [0.29, 0.717) is 35.3 Å². The standard InChI is InChI=1S/C20H25ClN2O5S/c1-27-16-7-13(8-17(28-2)20(16)24)11-23-6-4-5-14(12-23)19-18(29(3,25)26)9-15(21)10-22-19/h7-10,14,24H,4-6,11-12H2,1-3H3. The molecule has 2 heterocycles. The number of piperidine rings is 1. The van der Waals surface area contributed by atoms with Crippen LogP contribution in [0, 0.1) is 0 Å². The Morgan fingerprint density at radius 3 is 2.48 bits per heavy atom. The van der Waals surface area contributed by atoms with Gasteiger partial charge in [0.15, 0.2) is 21.3 Å². The topological polar surface area (TPSA) is 89.0 Å². The van der Waals surface area contributed by atoms with Gasteiger partial charge in [0.05, 0.1) is 29.8 Å². The molecule has 0 bridgehead atoms. The number of aromatic hydroxyl groups is 1. The van der Waals surface area contributed by atoms with Crippen molar-refractivity contribution in [2.45, 2.75) is 30.2 Å². The Morgan fingerprint density at radius 2 is 1.90 bits per heavy atom. The first kappa shape index (κ1) is 21.7. The summed E-state index contributed by atoms with van der Waals surface area (Å²) >= 11 is 5.99. The van der Waals surface area contributed by atoms with Crippen LogP contribution in [0.3, 0.4) is 0 Å². The molecule has 1 unspecified atom stereocenters. The number of hydrogen-bond donors (Lipinski definition) is 1. The quantitative estimate of drug-likeness (QED) is 0.737. The molecule has 0 saturated carbocycles. The van der Waals surface area contributed by atoms with Gasteiger partial charge in [-0.15, -0.1) is 0 Å². The van der Waals surface area contributed by atoms with Crippen LogP contribution in [0.15, 0.2) is 29.3 Å². The van der Waals surface area contributed by atoms with E-state index in [-0.39, 0.29) is 16.6 Å². The molecule has 1 aromatic carbocycles. The highest BCUT2D eigenvalue weighted by Crippen LogP contribution is 2.38. The third-order valence-electron chi connectivity index (χ3n) is 5.09. The van der Waals surface area contributed by atoms with E-state index in [4.69, 9.17) is 21.1 Å². The molecule has 158 valence electrons. The Labute approximate surface area is 176 Å². The van der Waals surface area contributed by atoms with Gasteiger partial charge in [-0.2, -0.15) is 0 Å². The van der Waals surface area contributed by atoms with Crippen LogP contribution in [0.4, 0.5) is 0 Å². The summed E-state index contributed by atoms with van der Waals surface area (Å²) in [6, 6.07) is 5.04. The molecule has 29 heavy (non-hydrogen) atoms. The summed E-state index contributed by atoms with van der Waals surface area (Å²) in [5.74, 6) is 0.670. The van der Waals surface area contributed by atoms with E-state index in [2.05, 4.69) is 9.88 Å². The fourth-order valence-electron chi connectivity index (χ4n) is 3.75. The van der Waals surface area contributed by atoms with Gasteiger partial charge in [0.2, 0.25) is 5.75 Å². The monoisotopic (exact) mass is 440 g/mol. The van der Waals surface area contributed by atoms with E-state index in [1.54, 1.807) is 12.1 Å². The summed E-state index contributed by atoms with van der Waals surface area (Å²) in [6.07, 6.45) is 4.46. The van der Waals surface area contributed by atoms with Crippen LogP contribution in [0.25, 0.3) is 0 Å². The molecule has 1 N–H and O–H groups in total. The van der Waals surface area contributed by atoms with Crippen LogP contribution >= 0.6 is 11.6 Å². The van der Waals surface area contributed by atoms with Gasteiger partial charge in [0, 0.05) is 31.5 Å². The van der Waals surface area contributed by atoms with Gasteiger partial charge >= 0.3 is 0 Å². The molecule has 0 radical (unpaired) electrons. The summed E-state index contributed by atoms with van der Waals surface area (Å²) in [4.78, 5) is 6.80. The van der Waals surface area contributed by atoms with Gasteiger partial charge in [-0.25, -0.2) is 8.42 Å². The molecule has 1 atom stereocenters. The zero-order chi connectivity index (χ0) is 21.2. The number of rotatable bonds is 6. The van der Waals surface area contributed by atoms with E-state index in [1.165, 1.54) is 32.7 Å². The molecule has 3 rings (SSSR count). The zero-order valence-corrected chi connectivity index (χ0v) is 18.3. The number of methoxy groups -OCH3 is 2. The summed E-state index contributed by atoms with van der Waals surface area (Å²) < 4.78 is 34.9. The molecule has 1 aromatic heterocycles. The smallest absolute Gasteiger partial charge is 0.200 e. The molecule has 0 amide bonds. The van der Waals surface area contributed by atoms with Crippen molar-refractivity contribution in [3.8, 4) is 17.2 Å². The third-order valence-corrected chi connectivity index (χ3v) is 6.42. The molecular weight excluding hydrogens is 416 g/mol. The number of sulfone groups is 1. The van der Waals surface area contributed by atoms with Crippen molar-refractivity contribution in [2.75, 3.05) is 33.6 Å². The van der Waals surface area contributed by atoms with E-state index >= 15 is 0 Å². The normalized spacial score (nSPS) is 17.9. The number of phenolic OH excluding ortho intramolecular Hbond substituents is 1. The fourth-order valence-corrected chi connectivity index (χ4v) is 4.92. The van der Waals surface area contributed by atoms with Crippen molar-refractivity contribution in [1.29, 1.82) is 0 Å². The van der Waals surface area contributed by atoms with Crippen LogP contribution in [0.1, 0.15) is 30.0 Å². The highest BCUT2D eigenvalue weighted by molar-refractivity contribution is 7.90. The van der Waals surface area contributed by atoms with E-state index in [0.717, 1.165) is 24.9 Å². The number of hydrogen-bond acceptors (Lipinski definition) is 7. The van der Waals surface area contributed by atoms with Gasteiger partial charge in [0.25, 0.3) is 0 Å². The molecular formula is C20H25ClN2O5S. The number of ether oxygens (including phenoxy) is 2. The average molecular weight is 441 g/mol. The number of phenols is 1. The maximum atomic E-state index is 12.2. The van der Waals surface area contributed by atoms with Crippen molar-refractivity contribution >= 4 is 21.4 Å². The third kappa shape index (κ3) is 4.94. The minimum atomic E-state index is -3.43. The predicted molar refractivity (Wildman–Crippen MR) is 111 cm³/mol. The molecule has 9 heteroatoms. The minimum Gasteiger partial charge on any atom is -0.502 e. The minimum absolute atomic E-state index is 0.00773. The average Bonchev–Trinajstić information content (AvgIpc) is 2.68. The number of pyridine rings is 1. The van der Waals surface area contributed by atoms with E-state index in [1.807, 2.05) is 0 Å². The first-order chi connectivity index (χ1) is 13.7. The second-order valence-corrected chi connectivity index (χ2v) is 9.65. The van der Waals surface area contributed by atoms with Crippen molar-refractivity contribution in [2.24, 2.45) is 0 Å². The van der Waals surface area contributed by atoms with Crippen molar-refractivity contribution in [1.82, 2.24) is 9.88 Å². The van der Waals surface area contributed by atoms with Crippen LogP contribution in [-0.2, 0) is 16.4 Å². The molecule has 1 saturated heterocycles. The zero-order valence-electron chi connectivity index (χ0n) is 16.7. The lowest BCUT2D eigenvalue weighted by molar-refractivity contribution is 0.196. The van der Waals surface area contributed by atoms with Crippen molar-refractivity contribution in [3.05, 3.63) is 40.7 Å². The Morgan fingerprint density at radius 1 is 1.24 bits per heavy atom. The summed E-state index contributed by atoms with van der Waals surface area (Å²) in [5.41, 5.74) is 1.51. The Bertz CT molecular complexity index is 971. The number of benzene rings is 1. The Kier molecular flexibility index (Phi) is 6.55. The van der Waals surface area contributed by atoms with Crippen LogP contribution < -0.4 is 9.47 Å². The molecule has 2 aromatic rings. The number of aromatic nitrogens is 1. The molecule has 1 fully saturated rings. The molecule has 0 aliphatic carbocycles. The largest absolute Gasteiger partial charge is 0.502 e. The van der Waals surface area contributed by atoms with Crippen molar-refractivity contribution in [3.63, 3.8) is 0 Å². The van der Waals surface area contributed by atoms with E-state index < -0.39 is 9.84 Å². The first-order valence-corrected chi connectivity index (χ1v) is 11.5. The second kappa shape index (κ2) is 8.77.